The highest BCUT2D eigenvalue weighted by atomic mass is 19.4. The second-order valence-electron chi connectivity index (χ2n) is 8.37. The van der Waals surface area contributed by atoms with E-state index >= 15 is 0 Å². The van der Waals surface area contributed by atoms with Crippen LogP contribution in [0, 0.1) is 0 Å². The number of amides is 1. The first kappa shape index (κ1) is 24.5. The van der Waals surface area contributed by atoms with E-state index in [0.717, 1.165) is 30.7 Å². The van der Waals surface area contributed by atoms with E-state index in [9.17, 15) is 18.0 Å². The molecule has 1 atom stereocenters. The number of anilines is 2. The lowest BCUT2D eigenvalue weighted by Gasteiger charge is -2.19. The van der Waals surface area contributed by atoms with Crippen LogP contribution in [0.15, 0.2) is 60.9 Å². The Labute approximate surface area is 201 Å². The van der Waals surface area contributed by atoms with Crippen LogP contribution in [0.1, 0.15) is 34.3 Å². The zero-order valence-corrected chi connectivity index (χ0v) is 19.2. The molecule has 1 unspecified atom stereocenters. The summed E-state index contributed by atoms with van der Waals surface area (Å²) in [5.74, 6) is 0.398. The minimum Gasteiger partial charge on any atom is -0.476 e. The molecule has 2 N–H and O–H groups in total. The molecule has 0 saturated carbocycles. The number of likely N-dealkylation sites (tertiary alicyclic amines) is 1. The highest BCUT2D eigenvalue weighted by molar-refractivity contribution is 6.07. The molecule has 0 bridgehead atoms. The molecule has 0 radical (unpaired) electrons. The van der Waals surface area contributed by atoms with Crippen molar-refractivity contribution < 1.29 is 22.7 Å². The second-order valence-corrected chi connectivity index (χ2v) is 8.37. The van der Waals surface area contributed by atoms with Crippen molar-refractivity contribution in [2.75, 3.05) is 30.8 Å². The number of halogens is 3. The molecular formula is C25H26F3N5O2. The second kappa shape index (κ2) is 10.7. The van der Waals surface area contributed by atoms with E-state index in [1.165, 1.54) is 18.6 Å². The van der Waals surface area contributed by atoms with E-state index in [1.54, 1.807) is 24.5 Å². The largest absolute Gasteiger partial charge is 0.476 e. The first-order valence-corrected chi connectivity index (χ1v) is 11.2. The minimum absolute atomic E-state index is 0.252. The third-order valence-corrected chi connectivity index (χ3v) is 5.88. The highest BCUT2D eigenvalue weighted by Gasteiger charge is 2.30. The number of hydrogen-bond donors (Lipinski definition) is 2. The van der Waals surface area contributed by atoms with Crippen molar-refractivity contribution in [2.24, 2.45) is 0 Å². The van der Waals surface area contributed by atoms with E-state index in [4.69, 9.17) is 4.74 Å². The molecule has 3 aromatic rings. The van der Waals surface area contributed by atoms with Gasteiger partial charge in [-0.25, -0.2) is 9.97 Å². The minimum atomic E-state index is -4.44. The average Bonchev–Trinajstić information content (AvgIpc) is 3.26. The van der Waals surface area contributed by atoms with Gasteiger partial charge in [0.1, 0.15) is 12.4 Å². The van der Waals surface area contributed by atoms with Crippen molar-refractivity contribution in [1.29, 1.82) is 0 Å². The molecule has 7 nitrogen and oxygen atoms in total. The zero-order chi connectivity index (χ0) is 24.8. The van der Waals surface area contributed by atoms with Gasteiger partial charge >= 0.3 is 6.18 Å². The number of nitrogens with one attached hydrogen (secondary N) is 2. The summed E-state index contributed by atoms with van der Waals surface area (Å²) in [7, 11) is 2.09. The molecule has 184 valence electrons. The number of benzene rings is 1. The summed E-state index contributed by atoms with van der Waals surface area (Å²) in [4.78, 5) is 23.6. The molecule has 35 heavy (non-hydrogen) atoms. The summed E-state index contributed by atoms with van der Waals surface area (Å²) in [5.41, 5.74) is 0.633. The lowest BCUT2D eigenvalue weighted by molar-refractivity contribution is -0.137. The number of pyridine rings is 2. The Morgan fingerprint density at radius 1 is 1.14 bits per heavy atom. The lowest BCUT2D eigenvalue weighted by Crippen LogP contribution is -2.30. The van der Waals surface area contributed by atoms with Crippen LogP contribution in [0.2, 0.25) is 0 Å². The molecule has 1 aliphatic heterocycles. The monoisotopic (exact) mass is 485 g/mol. The van der Waals surface area contributed by atoms with Gasteiger partial charge in [-0.1, -0.05) is 0 Å². The van der Waals surface area contributed by atoms with Crippen LogP contribution >= 0.6 is 0 Å². The summed E-state index contributed by atoms with van der Waals surface area (Å²) in [6, 6.07) is 11.5. The Kier molecular flexibility index (Phi) is 7.50. The maximum atomic E-state index is 12.8. The van der Waals surface area contributed by atoms with Crippen LogP contribution in [0.5, 0.6) is 5.88 Å². The number of carbonyl (C=O) groups excluding carboxylic acids is 1. The standard InChI is InChI=1S/C25H26F3N5O2/c1-33-13-3-4-20(33)16-35-22-14-17(10-12-29-22)15-31-23-21(5-2-11-30-23)24(34)32-19-8-6-18(7-9-19)25(26,27)28/h2,5-12,14,20H,3-4,13,15-16H2,1H3,(H,30,31)(H,32,34). The van der Waals surface area contributed by atoms with Crippen LogP contribution in [-0.2, 0) is 12.7 Å². The number of ether oxygens (including phenoxy) is 1. The molecule has 1 fully saturated rings. The van der Waals surface area contributed by atoms with Gasteiger partial charge in [-0.15, -0.1) is 0 Å². The summed E-state index contributed by atoms with van der Waals surface area (Å²) >= 11 is 0. The van der Waals surface area contributed by atoms with Gasteiger partial charge in [0.2, 0.25) is 5.88 Å². The summed E-state index contributed by atoms with van der Waals surface area (Å²) in [5, 5.41) is 5.76. The number of alkyl halides is 3. The molecule has 1 aliphatic rings. The topological polar surface area (TPSA) is 79.4 Å². The molecule has 0 aliphatic carbocycles. The Morgan fingerprint density at radius 2 is 1.94 bits per heavy atom. The molecule has 2 aromatic heterocycles. The maximum absolute atomic E-state index is 12.8. The Morgan fingerprint density at radius 3 is 2.66 bits per heavy atom. The highest BCUT2D eigenvalue weighted by Crippen LogP contribution is 2.30. The van der Waals surface area contributed by atoms with Crippen LogP contribution in [0.3, 0.4) is 0 Å². The number of aromatic nitrogens is 2. The number of likely N-dealkylation sites (N-methyl/N-ethyl adjacent to an activating group) is 1. The van der Waals surface area contributed by atoms with Gasteiger partial charge in [0.05, 0.1) is 11.1 Å². The lowest BCUT2D eigenvalue weighted by atomic mass is 10.2. The van der Waals surface area contributed by atoms with Crippen molar-refractivity contribution in [2.45, 2.75) is 31.6 Å². The van der Waals surface area contributed by atoms with E-state index in [1.807, 2.05) is 12.1 Å². The van der Waals surface area contributed by atoms with E-state index in [-0.39, 0.29) is 11.3 Å². The van der Waals surface area contributed by atoms with Gasteiger partial charge < -0.3 is 20.3 Å². The number of rotatable bonds is 8. The Bertz CT molecular complexity index is 1150. The van der Waals surface area contributed by atoms with Gasteiger partial charge in [0.15, 0.2) is 0 Å². The molecule has 3 heterocycles. The first-order chi connectivity index (χ1) is 16.8. The van der Waals surface area contributed by atoms with Gasteiger partial charge in [-0.2, -0.15) is 13.2 Å². The fourth-order valence-electron chi connectivity index (χ4n) is 3.87. The Balaban J connectivity index is 1.37. The van der Waals surface area contributed by atoms with Crippen LogP contribution in [-0.4, -0.2) is 47.0 Å². The van der Waals surface area contributed by atoms with Crippen molar-refractivity contribution in [3.8, 4) is 5.88 Å². The third kappa shape index (κ3) is 6.48. The van der Waals surface area contributed by atoms with Crippen LogP contribution in [0.4, 0.5) is 24.7 Å². The van der Waals surface area contributed by atoms with Gasteiger partial charge in [-0.3, -0.25) is 4.79 Å². The summed E-state index contributed by atoms with van der Waals surface area (Å²) in [6.45, 7) is 2.03. The predicted octanol–water partition coefficient (Wildman–Crippen LogP) is 4.83. The molecule has 10 heteroatoms. The van der Waals surface area contributed by atoms with Crippen molar-refractivity contribution in [1.82, 2.24) is 14.9 Å². The maximum Gasteiger partial charge on any atom is 0.416 e. The average molecular weight is 486 g/mol. The smallest absolute Gasteiger partial charge is 0.416 e. The molecule has 1 saturated heterocycles. The molecule has 1 aromatic carbocycles. The predicted molar refractivity (Wildman–Crippen MR) is 126 cm³/mol. The van der Waals surface area contributed by atoms with Crippen molar-refractivity contribution in [3.05, 3.63) is 77.6 Å². The van der Waals surface area contributed by atoms with E-state index in [0.29, 0.717) is 30.9 Å². The molecule has 0 spiro atoms. The molecule has 4 rings (SSSR count). The van der Waals surface area contributed by atoms with Crippen LogP contribution < -0.4 is 15.4 Å². The SMILES string of the molecule is CN1CCCC1COc1cc(CNc2ncccc2C(=O)Nc2ccc(C(F)(F)F)cc2)ccn1. The Hall–Kier alpha value is -3.66. The van der Waals surface area contributed by atoms with Gasteiger partial charge in [0.25, 0.3) is 5.91 Å². The van der Waals surface area contributed by atoms with E-state index < -0.39 is 17.6 Å². The van der Waals surface area contributed by atoms with Crippen molar-refractivity contribution in [3.63, 3.8) is 0 Å². The summed E-state index contributed by atoms with van der Waals surface area (Å²) in [6.07, 6.45) is 1.06. The van der Waals surface area contributed by atoms with Gasteiger partial charge in [0, 0.05) is 36.7 Å². The number of nitrogens with zero attached hydrogens (tertiary/aromatic N) is 3. The van der Waals surface area contributed by atoms with Crippen LogP contribution in [0.25, 0.3) is 0 Å². The first-order valence-electron chi connectivity index (χ1n) is 11.2. The molecule has 1 amide bonds. The quantitative estimate of drug-likeness (QED) is 0.476. The number of hydrogen-bond acceptors (Lipinski definition) is 6. The number of carbonyl (C=O) groups is 1. The molecular weight excluding hydrogens is 459 g/mol. The third-order valence-electron chi connectivity index (χ3n) is 5.88. The normalized spacial score (nSPS) is 16.2. The fourth-order valence-corrected chi connectivity index (χ4v) is 3.87. The van der Waals surface area contributed by atoms with Crippen molar-refractivity contribution >= 4 is 17.4 Å². The van der Waals surface area contributed by atoms with Gasteiger partial charge in [-0.05, 0) is 74.5 Å². The summed E-state index contributed by atoms with van der Waals surface area (Å²) < 4.78 is 44.2. The zero-order valence-electron chi connectivity index (χ0n) is 19.2. The van der Waals surface area contributed by atoms with E-state index in [2.05, 4.69) is 32.5 Å². The fraction of sp³-hybridized carbons (Fsp3) is 0.320.